The monoisotopic (exact) mass is 511 g/mol. The standard InChI is InChI=1S/C24H30FN3O2S2.ClH/c1-4-27(5-2)14-15-28(23(29)13-16-31-20-10-7-18(25)8-11-20)24-26-21-12-9-19(30-6-3)17-22(21)32-24;/h7-12,17H,4-6,13-16H2,1-3H3;1H. The summed E-state index contributed by atoms with van der Waals surface area (Å²) in [5, 5.41) is 0.720. The van der Waals surface area contributed by atoms with E-state index in [1.54, 1.807) is 23.9 Å². The molecule has 0 spiro atoms. The first-order chi connectivity index (χ1) is 15.5. The van der Waals surface area contributed by atoms with E-state index in [9.17, 15) is 9.18 Å². The van der Waals surface area contributed by atoms with Gasteiger partial charge >= 0.3 is 0 Å². The molecule has 2 aromatic carbocycles. The number of nitrogens with zero attached hydrogens (tertiary/aromatic N) is 3. The number of hydrogen-bond acceptors (Lipinski definition) is 6. The summed E-state index contributed by atoms with van der Waals surface area (Å²) < 4.78 is 19.7. The fourth-order valence-electron chi connectivity index (χ4n) is 3.29. The number of halogens is 2. The molecule has 33 heavy (non-hydrogen) atoms. The van der Waals surface area contributed by atoms with E-state index in [0.29, 0.717) is 25.3 Å². The second kappa shape index (κ2) is 13.7. The maximum atomic E-state index is 13.2. The first-order valence-electron chi connectivity index (χ1n) is 11.0. The van der Waals surface area contributed by atoms with Crippen LogP contribution in [-0.2, 0) is 4.79 Å². The highest BCUT2D eigenvalue weighted by molar-refractivity contribution is 7.99. The molecule has 1 heterocycles. The second-order valence-corrected chi connectivity index (χ2v) is 9.36. The van der Waals surface area contributed by atoms with Crippen LogP contribution >= 0.6 is 35.5 Å². The number of thiazole rings is 1. The quantitative estimate of drug-likeness (QED) is 0.274. The molecule has 0 atom stereocenters. The van der Waals surface area contributed by atoms with Gasteiger partial charge in [0.2, 0.25) is 5.91 Å². The van der Waals surface area contributed by atoms with Crippen molar-refractivity contribution in [3.63, 3.8) is 0 Å². The first kappa shape index (κ1) is 27.4. The minimum atomic E-state index is -0.253. The molecule has 3 aromatic rings. The van der Waals surface area contributed by atoms with Crippen LogP contribution in [0.4, 0.5) is 9.52 Å². The Bertz CT molecular complexity index is 1010. The third-order valence-electron chi connectivity index (χ3n) is 5.12. The van der Waals surface area contributed by atoms with Crippen LogP contribution in [-0.4, -0.2) is 54.3 Å². The molecule has 180 valence electrons. The van der Waals surface area contributed by atoms with Crippen molar-refractivity contribution in [2.75, 3.05) is 43.4 Å². The molecule has 0 fully saturated rings. The van der Waals surface area contributed by atoms with Crippen LogP contribution in [0.1, 0.15) is 27.2 Å². The Morgan fingerprint density at radius 3 is 2.48 bits per heavy atom. The summed E-state index contributed by atoms with van der Waals surface area (Å²) in [6.45, 7) is 10.1. The van der Waals surface area contributed by atoms with Gasteiger partial charge in [0.15, 0.2) is 5.13 Å². The molecule has 1 aromatic heterocycles. The molecule has 0 aliphatic carbocycles. The molecule has 0 bridgehead atoms. The number of thioether (sulfide) groups is 1. The fourth-order valence-corrected chi connectivity index (χ4v) is 5.17. The van der Waals surface area contributed by atoms with Crippen molar-refractivity contribution in [2.45, 2.75) is 32.1 Å². The van der Waals surface area contributed by atoms with Gasteiger partial charge < -0.3 is 9.64 Å². The number of rotatable bonds is 12. The van der Waals surface area contributed by atoms with Crippen LogP contribution in [0.25, 0.3) is 10.2 Å². The van der Waals surface area contributed by atoms with Gasteiger partial charge in [0.05, 0.1) is 16.8 Å². The highest BCUT2D eigenvalue weighted by Gasteiger charge is 2.20. The molecule has 0 saturated carbocycles. The Kier molecular flexibility index (Phi) is 11.4. The molecule has 9 heteroatoms. The number of likely N-dealkylation sites (N-methyl/N-ethyl adjacent to an activating group) is 1. The number of anilines is 1. The van der Waals surface area contributed by atoms with Crippen molar-refractivity contribution in [2.24, 2.45) is 0 Å². The van der Waals surface area contributed by atoms with E-state index in [-0.39, 0.29) is 24.1 Å². The topological polar surface area (TPSA) is 45.7 Å². The number of carbonyl (C=O) groups excluding carboxylic acids is 1. The Morgan fingerprint density at radius 2 is 1.82 bits per heavy atom. The largest absolute Gasteiger partial charge is 0.494 e. The van der Waals surface area contributed by atoms with Crippen molar-refractivity contribution in [3.8, 4) is 5.75 Å². The summed E-state index contributed by atoms with van der Waals surface area (Å²) in [5.41, 5.74) is 0.870. The average Bonchev–Trinajstić information content (AvgIpc) is 3.21. The van der Waals surface area contributed by atoms with E-state index in [1.165, 1.54) is 23.5 Å². The van der Waals surface area contributed by atoms with Crippen LogP contribution in [0.2, 0.25) is 0 Å². The van der Waals surface area contributed by atoms with Crippen molar-refractivity contribution in [1.82, 2.24) is 9.88 Å². The van der Waals surface area contributed by atoms with Crippen LogP contribution < -0.4 is 9.64 Å². The first-order valence-corrected chi connectivity index (χ1v) is 12.8. The summed E-state index contributed by atoms with van der Waals surface area (Å²) in [5.74, 6) is 1.24. The lowest BCUT2D eigenvalue weighted by molar-refractivity contribution is -0.118. The van der Waals surface area contributed by atoms with Gasteiger partial charge in [-0.05, 0) is 62.5 Å². The zero-order valence-electron chi connectivity index (χ0n) is 19.3. The predicted molar refractivity (Wildman–Crippen MR) is 140 cm³/mol. The molecular formula is C24H31ClFN3O2S2. The van der Waals surface area contributed by atoms with E-state index in [4.69, 9.17) is 9.72 Å². The van der Waals surface area contributed by atoms with Gasteiger partial charge in [0, 0.05) is 30.2 Å². The smallest absolute Gasteiger partial charge is 0.229 e. The van der Waals surface area contributed by atoms with Crippen LogP contribution in [0.5, 0.6) is 5.75 Å². The maximum Gasteiger partial charge on any atom is 0.229 e. The van der Waals surface area contributed by atoms with Crippen molar-refractivity contribution in [3.05, 3.63) is 48.3 Å². The molecular weight excluding hydrogens is 481 g/mol. The van der Waals surface area contributed by atoms with Gasteiger partial charge in [0.25, 0.3) is 0 Å². The zero-order chi connectivity index (χ0) is 22.9. The van der Waals surface area contributed by atoms with E-state index in [0.717, 1.165) is 45.6 Å². The Hall–Kier alpha value is -1.87. The zero-order valence-corrected chi connectivity index (χ0v) is 21.7. The van der Waals surface area contributed by atoms with Gasteiger partial charge in [-0.25, -0.2) is 9.37 Å². The normalized spacial score (nSPS) is 10.9. The summed E-state index contributed by atoms with van der Waals surface area (Å²) >= 11 is 3.08. The van der Waals surface area contributed by atoms with Gasteiger partial charge in [0.1, 0.15) is 11.6 Å². The maximum absolute atomic E-state index is 13.2. The van der Waals surface area contributed by atoms with Gasteiger partial charge in [-0.3, -0.25) is 9.69 Å². The minimum Gasteiger partial charge on any atom is -0.494 e. The molecule has 5 nitrogen and oxygen atoms in total. The average molecular weight is 512 g/mol. The third-order valence-corrected chi connectivity index (χ3v) is 7.18. The number of hydrogen-bond donors (Lipinski definition) is 0. The molecule has 0 unspecified atom stereocenters. The molecule has 1 amide bonds. The van der Waals surface area contributed by atoms with Crippen LogP contribution in [0.15, 0.2) is 47.4 Å². The Balaban J connectivity index is 0.00000385. The molecule has 3 rings (SSSR count). The summed E-state index contributed by atoms with van der Waals surface area (Å²) in [6, 6.07) is 12.2. The third kappa shape index (κ3) is 7.84. The van der Waals surface area contributed by atoms with E-state index in [1.807, 2.05) is 30.0 Å². The summed E-state index contributed by atoms with van der Waals surface area (Å²) in [7, 11) is 0. The molecule has 0 N–H and O–H groups in total. The number of fused-ring (bicyclic) bond motifs is 1. The predicted octanol–water partition coefficient (Wildman–Crippen LogP) is 6.11. The SMILES string of the molecule is CCOc1ccc2nc(N(CCN(CC)CC)C(=O)CCSc3ccc(F)cc3)sc2c1.Cl. The highest BCUT2D eigenvalue weighted by Crippen LogP contribution is 2.32. The molecule has 0 aliphatic rings. The van der Waals surface area contributed by atoms with Gasteiger partial charge in [-0.2, -0.15) is 0 Å². The lowest BCUT2D eigenvalue weighted by atomic mass is 10.3. The number of aromatic nitrogens is 1. The second-order valence-electron chi connectivity index (χ2n) is 7.18. The fraction of sp³-hybridized carbons (Fsp3) is 0.417. The van der Waals surface area contributed by atoms with E-state index in [2.05, 4.69) is 18.7 Å². The highest BCUT2D eigenvalue weighted by atomic mass is 35.5. The molecule has 0 saturated heterocycles. The van der Waals surface area contributed by atoms with Crippen molar-refractivity contribution in [1.29, 1.82) is 0 Å². The summed E-state index contributed by atoms with van der Waals surface area (Å²) in [4.78, 5) is 23.0. The van der Waals surface area contributed by atoms with Gasteiger partial charge in [-0.1, -0.05) is 25.2 Å². The van der Waals surface area contributed by atoms with Gasteiger partial charge in [-0.15, -0.1) is 24.2 Å². The number of amides is 1. The van der Waals surface area contributed by atoms with Crippen LogP contribution in [0, 0.1) is 5.82 Å². The minimum absolute atomic E-state index is 0. The lowest BCUT2D eigenvalue weighted by Crippen LogP contribution is -2.39. The number of carbonyl (C=O) groups is 1. The number of ether oxygens (including phenoxy) is 1. The molecule has 0 aliphatic heterocycles. The molecule has 0 radical (unpaired) electrons. The van der Waals surface area contributed by atoms with Crippen LogP contribution in [0.3, 0.4) is 0 Å². The van der Waals surface area contributed by atoms with Crippen molar-refractivity contribution >= 4 is 56.8 Å². The van der Waals surface area contributed by atoms with E-state index < -0.39 is 0 Å². The Morgan fingerprint density at radius 1 is 1.09 bits per heavy atom. The van der Waals surface area contributed by atoms with Crippen molar-refractivity contribution < 1.29 is 13.9 Å². The Labute approximate surface area is 209 Å². The van der Waals surface area contributed by atoms with E-state index >= 15 is 0 Å². The number of benzene rings is 2. The summed E-state index contributed by atoms with van der Waals surface area (Å²) in [6.07, 6.45) is 0.389. The lowest BCUT2D eigenvalue weighted by Gasteiger charge is -2.24.